The largest absolute Gasteiger partial charge is 0.485 e. The van der Waals surface area contributed by atoms with Crippen molar-refractivity contribution in [2.45, 2.75) is 37.3 Å². The predicted octanol–water partition coefficient (Wildman–Crippen LogP) is 11.8. The molecule has 0 amide bonds. The van der Waals surface area contributed by atoms with Crippen LogP contribution in [0.25, 0.3) is 22.3 Å². The van der Waals surface area contributed by atoms with Gasteiger partial charge in [-0.15, -0.1) is 0 Å². The van der Waals surface area contributed by atoms with E-state index < -0.39 is 0 Å². The molecule has 5 aromatic carbocycles. The molecule has 0 fully saturated rings. The Kier molecular flexibility index (Phi) is 7.23. The van der Waals surface area contributed by atoms with Crippen LogP contribution < -0.4 is 14.5 Å². The summed E-state index contributed by atoms with van der Waals surface area (Å²) in [6.07, 6.45) is 21.5. The third-order valence-corrected chi connectivity index (χ3v) is 11.0. The van der Waals surface area contributed by atoms with Crippen molar-refractivity contribution in [2.75, 3.05) is 9.80 Å². The van der Waals surface area contributed by atoms with Gasteiger partial charge in [0.2, 0.25) is 0 Å². The van der Waals surface area contributed by atoms with Crippen LogP contribution in [0.1, 0.15) is 41.9 Å². The molecule has 3 unspecified atom stereocenters. The average molecular weight is 659 g/mol. The van der Waals surface area contributed by atoms with Crippen LogP contribution in [-0.4, -0.2) is 12.1 Å². The molecule has 10 rings (SSSR count). The lowest BCUT2D eigenvalue weighted by molar-refractivity contribution is 0.268. The Morgan fingerprint density at radius 3 is 2.33 bits per heavy atom. The van der Waals surface area contributed by atoms with Gasteiger partial charge >= 0.3 is 0 Å². The zero-order valence-corrected chi connectivity index (χ0v) is 28.4. The van der Waals surface area contributed by atoms with Crippen molar-refractivity contribution in [2.24, 2.45) is 0 Å². The molecule has 0 N–H and O–H groups in total. The van der Waals surface area contributed by atoms with Crippen LogP contribution in [0.15, 0.2) is 187 Å². The van der Waals surface area contributed by atoms with Crippen molar-refractivity contribution in [1.82, 2.24) is 0 Å². The van der Waals surface area contributed by atoms with E-state index in [2.05, 4.69) is 186 Å². The second-order valence-corrected chi connectivity index (χ2v) is 13.9. The Balaban J connectivity index is 0.953. The van der Waals surface area contributed by atoms with Gasteiger partial charge in [0, 0.05) is 45.5 Å². The summed E-state index contributed by atoms with van der Waals surface area (Å²) >= 11 is 0. The van der Waals surface area contributed by atoms with Crippen molar-refractivity contribution >= 4 is 28.2 Å². The molecule has 2 aliphatic heterocycles. The van der Waals surface area contributed by atoms with Crippen molar-refractivity contribution in [3.63, 3.8) is 0 Å². The Labute approximate surface area is 300 Å². The van der Waals surface area contributed by atoms with Gasteiger partial charge < -0.3 is 14.5 Å². The normalized spacial score (nSPS) is 20.9. The molecule has 0 radical (unpaired) electrons. The summed E-state index contributed by atoms with van der Waals surface area (Å²) in [5, 5.41) is 0. The van der Waals surface area contributed by atoms with Crippen molar-refractivity contribution < 1.29 is 4.74 Å². The zero-order chi connectivity index (χ0) is 33.7. The molecule has 3 aliphatic carbocycles. The number of anilines is 3. The summed E-state index contributed by atoms with van der Waals surface area (Å²) in [5.74, 6) is 1.21. The first-order valence-electron chi connectivity index (χ1n) is 18.2. The molecule has 51 heavy (non-hydrogen) atoms. The van der Waals surface area contributed by atoms with Crippen LogP contribution in [0.5, 0.6) is 5.75 Å². The lowest BCUT2D eigenvalue weighted by Gasteiger charge is -2.32. The summed E-state index contributed by atoms with van der Waals surface area (Å²) in [7, 11) is 0. The maximum atomic E-state index is 6.29. The quantitative estimate of drug-likeness (QED) is 0.181. The van der Waals surface area contributed by atoms with E-state index in [4.69, 9.17) is 4.74 Å². The van der Waals surface area contributed by atoms with Crippen LogP contribution in [0.2, 0.25) is 0 Å². The lowest BCUT2D eigenvalue weighted by atomic mass is 9.89. The number of ether oxygens (including phenoxy) is 1. The van der Waals surface area contributed by atoms with Gasteiger partial charge in [0.1, 0.15) is 11.9 Å². The maximum absolute atomic E-state index is 6.29. The van der Waals surface area contributed by atoms with Crippen LogP contribution >= 0.6 is 0 Å². The molecule has 0 saturated carbocycles. The Bertz CT molecular complexity index is 2320. The molecule has 3 nitrogen and oxygen atoms in total. The second kappa shape index (κ2) is 12.4. The molecule has 0 saturated heterocycles. The Hall–Kier alpha value is -6.06. The van der Waals surface area contributed by atoms with Crippen LogP contribution in [0, 0.1) is 0 Å². The van der Waals surface area contributed by atoms with Crippen LogP contribution in [0.3, 0.4) is 0 Å². The van der Waals surface area contributed by atoms with E-state index >= 15 is 0 Å². The van der Waals surface area contributed by atoms with Gasteiger partial charge in [-0.05, 0) is 114 Å². The number of nitrogens with zero attached hydrogens (tertiary/aromatic N) is 2. The highest BCUT2D eigenvalue weighted by atomic mass is 16.5. The number of hydrogen-bond donors (Lipinski definition) is 0. The highest BCUT2D eigenvalue weighted by molar-refractivity contribution is 5.98. The fourth-order valence-electron chi connectivity index (χ4n) is 8.50. The molecular formula is C48H38N2O. The fourth-order valence-corrected chi connectivity index (χ4v) is 8.50. The van der Waals surface area contributed by atoms with E-state index in [1.807, 2.05) is 0 Å². The number of benzene rings is 5. The first-order valence-corrected chi connectivity index (χ1v) is 18.2. The number of fused-ring (bicyclic) bond motifs is 6. The van der Waals surface area contributed by atoms with Gasteiger partial charge in [0.05, 0.1) is 6.04 Å². The summed E-state index contributed by atoms with van der Waals surface area (Å²) in [4.78, 5) is 4.97. The van der Waals surface area contributed by atoms with Crippen LogP contribution in [-0.2, 0) is 0 Å². The molecule has 0 spiro atoms. The minimum absolute atomic E-state index is 0.0519. The highest BCUT2D eigenvalue weighted by Crippen LogP contribution is 2.49. The van der Waals surface area contributed by atoms with Gasteiger partial charge in [-0.3, -0.25) is 0 Å². The first-order chi connectivity index (χ1) is 25.3. The minimum atomic E-state index is 0.0519. The minimum Gasteiger partial charge on any atom is -0.485 e. The summed E-state index contributed by atoms with van der Waals surface area (Å²) in [6, 6.07) is 46.5. The van der Waals surface area contributed by atoms with Gasteiger partial charge in [-0.25, -0.2) is 0 Å². The molecule has 3 heteroatoms. The third-order valence-electron chi connectivity index (χ3n) is 11.0. The molecule has 3 atom stereocenters. The first kappa shape index (κ1) is 29.8. The number of para-hydroxylation sites is 2. The van der Waals surface area contributed by atoms with Gasteiger partial charge in [-0.2, -0.15) is 0 Å². The summed E-state index contributed by atoms with van der Waals surface area (Å²) in [6.45, 7) is 0. The summed E-state index contributed by atoms with van der Waals surface area (Å²) in [5.41, 5.74) is 15.2. The average Bonchev–Trinajstić information content (AvgIpc) is 3.74. The Morgan fingerprint density at radius 2 is 1.49 bits per heavy atom. The molecule has 0 aromatic heterocycles. The molecule has 0 bridgehead atoms. The highest BCUT2D eigenvalue weighted by Gasteiger charge is 2.36. The fraction of sp³-hybridized carbons (Fsp3) is 0.125. The van der Waals surface area contributed by atoms with Gasteiger partial charge in [0.15, 0.2) is 0 Å². The van der Waals surface area contributed by atoms with E-state index in [0.717, 1.165) is 25.0 Å². The van der Waals surface area contributed by atoms with E-state index in [0.29, 0.717) is 0 Å². The predicted molar refractivity (Wildman–Crippen MR) is 211 cm³/mol. The lowest BCUT2D eigenvalue weighted by Crippen LogP contribution is -2.27. The van der Waals surface area contributed by atoms with E-state index in [9.17, 15) is 0 Å². The maximum Gasteiger partial charge on any atom is 0.128 e. The van der Waals surface area contributed by atoms with E-state index in [-0.39, 0.29) is 18.1 Å². The third kappa shape index (κ3) is 5.20. The number of rotatable bonds is 6. The second-order valence-electron chi connectivity index (χ2n) is 13.9. The van der Waals surface area contributed by atoms with E-state index in [1.165, 1.54) is 67.4 Å². The van der Waals surface area contributed by atoms with Crippen molar-refractivity contribution in [1.29, 1.82) is 0 Å². The van der Waals surface area contributed by atoms with Gasteiger partial charge in [-0.1, -0.05) is 109 Å². The topological polar surface area (TPSA) is 15.7 Å². The summed E-state index contributed by atoms with van der Waals surface area (Å²) < 4.78 is 6.29. The smallest absolute Gasteiger partial charge is 0.128 e. The zero-order valence-electron chi connectivity index (χ0n) is 28.4. The van der Waals surface area contributed by atoms with Gasteiger partial charge in [0.25, 0.3) is 0 Å². The standard InChI is InChI=1S/C48H38N2O/c1-3-11-33(12-4-1)34-19-26-39(27-20-34)50-45-17-9-7-15-41(45)43-31-36(23-29-46(43)50)35-21-24-38(25-22-35)49(37-13-5-2-6-14-37)40-28-30-48-44(32-40)42-16-8-10-18-47(42)51-48/h1-5,7-13,15-28,30-32,44,46,48H,6,14,29H2. The Morgan fingerprint density at radius 1 is 0.725 bits per heavy atom. The number of allylic oxidation sites excluding steroid dienone is 7. The molecule has 5 aliphatic rings. The SMILES string of the molecule is C1=CCCC(N(C2=CC3c4ccccc4OC3C=C2)c2ccc(C3=CCC4C(=C3)c3ccccc3N4c3ccc(-c4ccccc4)cc3)cc2)=C1. The molecule has 2 heterocycles. The molecule has 246 valence electrons. The van der Waals surface area contributed by atoms with E-state index in [1.54, 1.807) is 0 Å². The van der Waals surface area contributed by atoms with Crippen molar-refractivity contribution in [3.05, 3.63) is 204 Å². The monoisotopic (exact) mass is 658 g/mol. The van der Waals surface area contributed by atoms with Crippen LogP contribution in [0.4, 0.5) is 17.1 Å². The molecular weight excluding hydrogens is 621 g/mol. The van der Waals surface area contributed by atoms with Crippen molar-refractivity contribution in [3.8, 4) is 16.9 Å². The molecule has 5 aromatic rings. The number of hydrogen-bond acceptors (Lipinski definition) is 3.